The molecular weight excluding hydrogens is 429 g/mol. The van der Waals surface area contributed by atoms with Crippen LogP contribution in [0.25, 0.3) is 38.8 Å². The number of aryl methyl sites for hydroxylation is 1. The molecule has 5 rings (SSSR count). The molecule has 0 saturated heterocycles. The average Bonchev–Trinajstić information content (AvgIpc) is 3.20. The zero-order valence-corrected chi connectivity index (χ0v) is 18.4. The Hall–Kier alpha value is -3.64. The molecule has 7 heteroatoms. The quantitative estimate of drug-likeness (QED) is 0.321. The molecule has 5 aromatic rings. The highest BCUT2D eigenvalue weighted by Crippen LogP contribution is 2.38. The van der Waals surface area contributed by atoms with E-state index in [9.17, 15) is 4.39 Å². The molecule has 0 spiro atoms. The van der Waals surface area contributed by atoms with Gasteiger partial charge in [-0.2, -0.15) is 5.10 Å². The molecule has 2 aromatic heterocycles. The maximum atomic E-state index is 14.2. The summed E-state index contributed by atoms with van der Waals surface area (Å²) in [6, 6.07) is 15.9. The topological polar surface area (TPSA) is 49.2 Å². The van der Waals surface area contributed by atoms with E-state index in [0.29, 0.717) is 33.1 Å². The van der Waals surface area contributed by atoms with Gasteiger partial charge in [0.25, 0.3) is 0 Å². The average molecular weight is 448 g/mol. The lowest BCUT2D eigenvalue weighted by atomic mass is 10.1. The molecule has 3 aromatic carbocycles. The highest BCUT2D eigenvalue weighted by Gasteiger charge is 2.19. The predicted molar refractivity (Wildman–Crippen MR) is 125 cm³/mol. The highest BCUT2D eigenvalue weighted by molar-refractivity contribution is 6.31. The van der Waals surface area contributed by atoms with Crippen molar-refractivity contribution in [2.45, 2.75) is 6.92 Å². The standard InChI is InChI=1S/C25H19ClFN3O2/c1-14-4-7-17(12-20(14)26)30-25-18-11-16(27)6-8-21(18)28-13-19(25)24(29-30)15-5-9-22(31-2)23(10-15)32-3/h4-13H,1-3H3. The molecule has 0 unspecified atom stereocenters. The number of rotatable bonds is 4. The zero-order chi connectivity index (χ0) is 22.4. The van der Waals surface area contributed by atoms with E-state index in [1.165, 1.54) is 12.1 Å². The van der Waals surface area contributed by atoms with E-state index >= 15 is 0 Å². The lowest BCUT2D eigenvalue weighted by Gasteiger charge is -2.08. The minimum absolute atomic E-state index is 0.339. The monoisotopic (exact) mass is 447 g/mol. The van der Waals surface area contributed by atoms with Crippen LogP contribution >= 0.6 is 11.6 Å². The number of ether oxygens (including phenoxy) is 2. The van der Waals surface area contributed by atoms with Crippen molar-refractivity contribution in [3.05, 3.63) is 77.2 Å². The van der Waals surface area contributed by atoms with Crippen LogP contribution in [0, 0.1) is 12.7 Å². The number of benzene rings is 3. The molecule has 0 atom stereocenters. The van der Waals surface area contributed by atoms with Crippen LogP contribution in [-0.2, 0) is 0 Å². The third-order valence-electron chi connectivity index (χ3n) is 5.53. The molecule has 0 fully saturated rings. The molecule has 2 heterocycles. The summed E-state index contributed by atoms with van der Waals surface area (Å²) in [6.45, 7) is 1.94. The van der Waals surface area contributed by atoms with E-state index in [0.717, 1.165) is 27.7 Å². The van der Waals surface area contributed by atoms with E-state index in [2.05, 4.69) is 4.98 Å². The Morgan fingerprint density at radius 2 is 1.72 bits per heavy atom. The van der Waals surface area contributed by atoms with Gasteiger partial charge in [-0.3, -0.25) is 4.98 Å². The number of halogens is 2. The van der Waals surface area contributed by atoms with E-state index in [1.54, 1.807) is 31.2 Å². The second-order valence-corrected chi connectivity index (χ2v) is 7.85. The van der Waals surface area contributed by atoms with Gasteiger partial charge in [0, 0.05) is 27.6 Å². The molecule has 0 aliphatic heterocycles. The number of aromatic nitrogens is 3. The summed E-state index contributed by atoms with van der Waals surface area (Å²) < 4.78 is 26.8. The molecule has 0 radical (unpaired) electrons. The number of pyridine rings is 1. The summed E-state index contributed by atoms with van der Waals surface area (Å²) in [5.74, 6) is 0.871. The molecule has 0 aliphatic carbocycles. The molecule has 160 valence electrons. The van der Waals surface area contributed by atoms with Gasteiger partial charge in [0.15, 0.2) is 11.5 Å². The number of nitrogens with zero attached hydrogens (tertiary/aromatic N) is 3. The lowest BCUT2D eigenvalue weighted by Crippen LogP contribution is -1.98. The molecular formula is C25H19ClFN3O2. The van der Waals surface area contributed by atoms with E-state index in [-0.39, 0.29) is 5.82 Å². The fraction of sp³-hybridized carbons (Fsp3) is 0.120. The Morgan fingerprint density at radius 3 is 2.47 bits per heavy atom. The summed E-state index contributed by atoms with van der Waals surface area (Å²) in [6.07, 6.45) is 1.76. The van der Waals surface area contributed by atoms with Gasteiger partial charge >= 0.3 is 0 Å². The first kappa shape index (κ1) is 20.3. The van der Waals surface area contributed by atoms with Crippen LogP contribution in [0.2, 0.25) is 5.02 Å². The van der Waals surface area contributed by atoms with Crippen LogP contribution in [0.3, 0.4) is 0 Å². The maximum Gasteiger partial charge on any atom is 0.161 e. The van der Waals surface area contributed by atoms with Gasteiger partial charge in [0.05, 0.1) is 30.9 Å². The number of methoxy groups -OCH3 is 2. The van der Waals surface area contributed by atoms with E-state index in [1.807, 2.05) is 43.3 Å². The number of hydrogen-bond donors (Lipinski definition) is 0. The van der Waals surface area contributed by atoms with Gasteiger partial charge in [0.2, 0.25) is 0 Å². The smallest absolute Gasteiger partial charge is 0.161 e. The molecule has 0 amide bonds. The van der Waals surface area contributed by atoms with Gasteiger partial charge in [0.1, 0.15) is 11.5 Å². The van der Waals surface area contributed by atoms with Crippen molar-refractivity contribution < 1.29 is 13.9 Å². The van der Waals surface area contributed by atoms with Crippen LogP contribution in [-0.4, -0.2) is 29.0 Å². The third kappa shape index (κ3) is 3.24. The van der Waals surface area contributed by atoms with Gasteiger partial charge in [-0.05, 0) is 61.0 Å². The first-order valence-electron chi connectivity index (χ1n) is 9.96. The summed E-state index contributed by atoms with van der Waals surface area (Å²) in [7, 11) is 3.18. The number of hydrogen-bond acceptors (Lipinski definition) is 4. The molecule has 0 bridgehead atoms. The molecule has 0 aliphatic rings. The Labute approximate surface area is 189 Å². The third-order valence-corrected chi connectivity index (χ3v) is 5.93. The van der Waals surface area contributed by atoms with Gasteiger partial charge < -0.3 is 9.47 Å². The normalized spacial score (nSPS) is 11.3. The summed E-state index contributed by atoms with van der Waals surface area (Å²) in [5.41, 5.74) is 4.67. The van der Waals surface area contributed by atoms with Crippen molar-refractivity contribution in [2.24, 2.45) is 0 Å². The first-order valence-corrected chi connectivity index (χ1v) is 10.3. The Bertz CT molecular complexity index is 1500. The largest absolute Gasteiger partial charge is 0.493 e. The second kappa shape index (κ2) is 7.80. The summed E-state index contributed by atoms with van der Waals surface area (Å²) >= 11 is 6.41. The molecule has 0 saturated carbocycles. The van der Waals surface area contributed by atoms with Crippen molar-refractivity contribution in [2.75, 3.05) is 14.2 Å². The van der Waals surface area contributed by atoms with Crippen molar-refractivity contribution >= 4 is 33.4 Å². The van der Waals surface area contributed by atoms with Crippen LogP contribution in [0.4, 0.5) is 4.39 Å². The fourth-order valence-corrected chi connectivity index (χ4v) is 4.03. The highest BCUT2D eigenvalue weighted by atomic mass is 35.5. The van der Waals surface area contributed by atoms with E-state index < -0.39 is 0 Å². The summed E-state index contributed by atoms with van der Waals surface area (Å²) in [4.78, 5) is 4.55. The van der Waals surface area contributed by atoms with Gasteiger partial charge in [-0.25, -0.2) is 9.07 Å². The Balaban J connectivity index is 1.87. The van der Waals surface area contributed by atoms with Crippen LogP contribution in [0.5, 0.6) is 11.5 Å². The fourth-order valence-electron chi connectivity index (χ4n) is 3.85. The lowest BCUT2D eigenvalue weighted by molar-refractivity contribution is 0.355. The predicted octanol–water partition coefficient (Wildman–Crippen LogP) is 6.36. The summed E-state index contributed by atoms with van der Waals surface area (Å²) in [5, 5.41) is 6.99. The maximum absolute atomic E-state index is 14.2. The Morgan fingerprint density at radius 1 is 0.906 bits per heavy atom. The van der Waals surface area contributed by atoms with Gasteiger partial charge in [-0.1, -0.05) is 17.7 Å². The van der Waals surface area contributed by atoms with Crippen molar-refractivity contribution in [3.63, 3.8) is 0 Å². The van der Waals surface area contributed by atoms with Crippen molar-refractivity contribution in [1.82, 2.24) is 14.8 Å². The van der Waals surface area contributed by atoms with E-state index in [4.69, 9.17) is 26.2 Å². The van der Waals surface area contributed by atoms with Gasteiger partial charge in [-0.15, -0.1) is 0 Å². The SMILES string of the molecule is COc1ccc(-c2nn(-c3ccc(C)c(Cl)c3)c3c2cnc2ccc(F)cc23)cc1OC. The molecule has 5 nitrogen and oxygen atoms in total. The second-order valence-electron chi connectivity index (χ2n) is 7.45. The van der Waals surface area contributed by atoms with Crippen molar-refractivity contribution in [3.8, 4) is 28.4 Å². The van der Waals surface area contributed by atoms with Crippen LogP contribution < -0.4 is 9.47 Å². The van der Waals surface area contributed by atoms with Crippen LogP contribution in [0.15, 0.2) is 60.8 Å². The molecule has 0 N–H and O–H groups in total. The van der Waals surface area contributed by atoms with Crippen molar-refractivity contribution in [1.29, 1.82) is 0 Å². The zero-order valence-electron chi connectivity index (χ0n) is 17.7. The molecule has 32 heavy (non-hydrogen) atoms. The Kier molecular flexibility index (Phi) is 4.94. The minimum atomic E-state index is -0.339. The first-order chi connectivity index (χ1) is 15.5. The minimum Gasteiger partial charge on any atom is -0.493 e. The van der Waals surface area contributed by atoms with Crippen LogP contribution in [0.1, 0.15) is 5.56 Å². The number of fused-ring (bicyclic) bond motifs is 3.